The number of hydrogen-bond acceptors (Lipinski definition) is 5. The Hall–Kier alpha value is -3.30. The summed E-state index contributed by atoms with van der Waals surface area (Å²) in [5, 5.41) is 15.1. The number of benzene rings is 1. The normalized spacial score (nSPS) is 18.2. The Bertz CT molecular complexity index is 1050. The average molecular weight is 438 g/mol. The molecule has 0 amide bonds. The molecule has 9 heteroatoms. The molecule has 1 saturated heterocycles. The van der Waals surface area contributed by atoms with Crippen molar-refractivity contribution < 1.29 is 9.66 Å². The van der Waals surface area contributed by atoms with E-state index in [9.17, 15) is 10.1 Å². The molecule has 1 N–H and O–H groups in total. The fourth-order valence-corrected chi connectivity index (χ4v) is 4.28. The third-order valence-corrected chi connectivity index (χ3v) is 5.72. The fourth-order valence-electron chi connectivity index (χ4n) is 3.95. The highest BCUT2D eigenvalue weighted by molar-refractivity contribution is 7.80. The molecule has 2 aromatic heterocycles. The van der Waals surface area contributed by atoms with E-state index in [0.29, 0.717) is 11.7 Å². The molecule has 0 aliphatic carbocycles. The van der Waals surface area contributed by atoms with Gasteiger partial charge >= 0.3 is 0 Å². The third-order valence-electron chi connectivity index (χ3n) is 5.37. The summed E-state index contributed by atoms with van der Waals surface area (Å²) in [5.41, 5.74) is 2.84. The molecule has 2 atom stereocenters. The lowest BCUT2D eigenvalue weighted by Crippen LogP contribution is -2.32. The largest absolute Gasteiger partial charge is 0.385 e. The topological polar surface area (TPSA) is 85.5 Å². The first-order chi connectivity index (χ1) is 15.1. The molecule has 0 unspecified atom stereocenters. The second-order valence-electron chi connectivity index (χ2n) is 7.24. The summed E-state index contributed by atoms with van der Waals surface area (Å²) in [6, 6.07) is 16.2. The van der Waals surface area contributed by atoms with E-state index in [0.717, 1.165) is 30.0 Å². The minimum absolute atomic E-state index is 0.0636. The Morgan fingerprint density at radius 2 is 2.00 bits per heavy atom. The lowest BCUT2D eigenvalue weighted by molar-refractivity contribution is -0.384. The molecular formula is C22H23N5O3S. The predicted octanol–water partition coefficient (Wildman–Crippen LogP) is 3.79. The second kappa shape index (κ2) is 9.23. The number of non-ortho nitro benzene ring substituents is 1. The number of nitro groups is 1. The van der Waals surface area contributed by atoms with Gasteiger partial charge in [0.2, 0.25) is 0 Å². The Kier molecular flexibility index (Phi) is 6.24. The lowest BCUT2D eigenvalue weighted by atomic mass is 10.0. The summed E-state index contributed by atoms with van der Waals surface area (Å²) >= 11 is 5.69. The van der Waals surface area contributed by atoms with Gasteiger partial charge in [-0.15, -0.1) is 0 Å². The van der Waals surface area contributed by atoms with E-state index in [-0.39, 0.29) is 17.8 Å². The number of nitrogens with one attached hydrogen (secondary N) is 1. The van der Waals surface area contributed by atoms with Crippen molar-refractivity contribution in [2.45, 2.75) is 18.5 Å². The first-order valence-electron chi connectivity index (χ1n) is 9.99. The Labute approximate surface area is 185 Å². The van der Waals surface area contributed by atoms with E-state index in [2.05, 4.69) is 21.3 Å². The van der Waals surface area contributed by atoms with Crippen molar-refractivity contribution in [2.75, 3.05) is 20.3 Å². The van der Waals surface area contributed by atoms with Gasteiger partial charge in [-0.05, 0) is 55.0 Å². The Morgan fingerprint density at radius 3 is 2.68 bits per heavy atom. The summed E-state index contributed by atoms with van der Waals surface area (Å²) in [6.45, 7) is 1.38. The molecule has 31 heavy (non-hydrogen) atoms. The molecule has 1 fully saturated rings. The van der Waals surface area contributed by atoms with Crippen LogP contribution in [-0.2, 0) is 4.74 Å². The summed E-state index contributed by atoms with van der Waals surface area (Å²) < 4.78 is 7.28. The van der Waals surface area contributed by atoms with E-state index in [1.54, 1.807) is 25.4 Å². The van der Waals surface area contributed by atoms with Crippen molar-refractivity contribution in [3.05, 3.63) is 88.5 Å². The number of nitrogens with zero attached hydrogens (tertiary/aromatic N) is 4. The first kappa shape index (κ1) is 21.0. The van der Waals surface area contributed by atoms with Gasteiger partial charge in [-0.3, -0.25) is 15.1 Å². The molecule has 0 saturated carbocycles. The predicted molar refractivity (Wildman–Crippen MR) is 121 cm³/mol. The van der Waals surface area contributed by atoms with Crippen LogP contribution in [0.15, 0.2) is 67.0 Å². The van der Waals surface area contributed by atoms with Crippen molar-refractivity contribution in [1.29, 1.82) is 0 Å². The maximum Gasteiger partial charge on any atom is 0.269 e. The minimum atomic E-state index is -0.395. The highest BCUT2D eigenvalue weighted by Gasteiger charge is 2.40. The van der Waals surface area contributed by atoms with Crippen LogP contribution in [0.2, 0.25) is 0 Å². The van der Waals surface area contributed by atoms with Gasteiger partial charge in [-0.2, -0.15) is 0 Å². The minimum Gasteiger partial charge on any atom is -0.385 e. The van der Waals surface area contributed by atoms with Gasteiger partial charge in [0.1, 0.15) is 0 Å². The number of nitro benzene ring substituents is 1. The van der Waals surface area contributed by atoms with Crippen LogP contribution in [0.1, 0.15) is 29.9 Å². The van der Waals surface area contributed by atoms with Gasteiger partial charge in [-0.1, -0.05) is 6.07 Å². The first-order valence-corrected chi connectivity index (χ1v) is 10.4. The van der Waals surface area contributed by atoms with E-state index in [1.165, 1.54) is 12.1 Å². The monoisotopic (exact) mass is 437 g/mol. The zero-order valence-corrected chi connectivity index (χ0v) is 17.9. The maximum atomic E-state index is 11.0. The second-order valence-corrected chi connectivity index (χ2v) is 7.63. The molecule has 3 aromatic rings. The maximum absolute atomic E-state index is 11.0. The highest BCUT2D eigenvalue weighted by atomic mass is 32.1. The number of thiocarbonyl (C=S) groups is 1. The van der Waals surface area contributed by atoms with Crippen LogP contribution in [0, 0.1) is 10.1 Å². The van der Waals surface area contributed by atoms with Crippen molar-refractivity contribution in [3.63, 3.8) is 0 Å². The number of pyridine rings is 1. The molecule has 1 aliphatic heterocycles. The van der Waals surface area contributed by atoms with Crippen LogP contribution in [0.3, 0.4) is 0 Å². The smallest absolute Gasteiger partial charge is 0.269 e. The highest BCUT2D eigenvalue weighted by Crippen LogP contribution is 2.39. The zero-order valence-electron chi connectivity index (χ0n) is 17.0. The van der Waals surface area contributed by atoms with E-state index >= 15 is 0 Å². The van der Waals surface area contributed by atoms with E-state index in [4.69, 9.17) is 17.0 Å². The quantitative estimate of drug-likeness (QED) is 0.248. The molecule has 1 aromatic carbocycles. The van der Waals surface area contributed by atoms with Gasteiger partial charge < -0.3 is 19.5 Å². The van der Waals surface area contributed by atoms with Gasteiger partial charge in [0.05, 0.1) is 22.7 Å². The van der Waals surface area contributed by atoms with Crippen molar-refractivity contribution in [3.8, 4) is 5.69 Å². The van der Waals surface area contributed by atoms with Crippen molar-refractivity contribution in [2.24, 2.45) is 0 Å². The van der Waals surface area contributed by atoms with Gasteiger partial charge in [0, 0.05) is 56.2 Å². The summed E-state index contributed by atoms with van der Waals surface area (Å²) in [4.78, 5) is 17.4. The number of ether oxygens (including phenoxy) is 1. The summed E-state index contributed by atoms with van der Waals surface area (Å²) in [7, 11) is 1.69. The standard InChI is InChI=1S/C22H23N5O3S/c1-30-15-5-14-26-21(20(24-22(26)31)18-6-2-3-12-23-18)19-7-4-13-25(19)16-8-10-17(11-9-16)27(28)29/h2-4,6-13,20-21H,5,14-15H2,1H3,(H,24,31)/t20-,21-/m0/s1. The molecule has 3 heterocycles. The SMILES string of the molecule is COCCCN1C(=S)N[C@@H](c2ccccn2)[C@@H]1c1cccn1-c1ccc([N+](=O)[O-])cc1. The third kappa shape index (κ3) is 4.28. The molecule has 1 aliphatic rings. The Balaban J connectivity index is 1.74. The molecule has 8 nitrogen and oxygen atoms in total. The molecule has 0 radical (unpaired) electrons. The van der Waals surface area contributed by atoms with Crippen LogP contribution in [-0.4, -0.2) is 44.7 Å². The Morgan fingerprint density at radius 1 is 1.19 bits per heavy atom. The van der Waals surface area contributed by atoms with E-state index in [1.807, 2.05) is 35.0 Å². The van der Waals surface area contributed by atoms with Crippen LogP contribution in [0.25, 0.3) is 5.69 Å². The average Bonchev–Trinajstić information content (AvgIpc) is 3.39. The van der Waals surface area contributed by atoms with E-state index < -0.39 is 4.92 Å². The van der Waals surface area contributed by atoms with Crippen LogP contribution < -0.4 is 5.32 Å². The van der Waals surface area contributed by atoms with Crippen LogP contribution in [0.4, 0.5) is 5.69 Å². The van der Waals surface area contributed by atoms with Gasteiger partial charge in [0.25, 0.3) is 5.69 Å². The van der Waals surface area contributed by atoms with Gasteiger partial charge in [-0.25, -0.2) is 0 Å². The number of methoxy groups -OCH3 is 1. The molecule has 4 rings (SSSR count). The number of rotatable bonds is 8. The fraction of sp³-hybridized carbons (Fsp3) is 0.273. The van der Waals surface area contributed by atoms with Crippen molar-refractivity contribution in [1.82, 2.24) is 19.8 Å². The van der Waals surface area contributed by atoms with Crippen LogP contribution >= 0.6 is 12.2 Å². The summed E-state index contributed by atoms with van der Waals surface area (Å²) in [6.07, 6.45) is 4.57. The lowest BCUT2D eigenvalue weighted by Gasteiger charge is -2.29. The number of hydrogen-bond donors (Lipinski definition) is 1. The number of aromatic nitrogens is 2. The molecule has 0 spiro atoms. The molecule has 0 bridgehead atoms. The van der Waals surface area contributed by atoms with Gasteiger partial charge in [0.15, 0.2) is 5.11 Å². The van der Waals surface area contributed by atoms with Crippen LogP contribution in [0.5, 0.6) is 0 Å². The molecular weight excluding hydrogens is 414 g/mol. The molecule has 160 valence electrons. The van der Waals surface area contributed by atoms with Crippen molar-refractivity contribution >= 4 is 23.0 Å². The zero-order chi connectivity index (χ0) is 21.8. The summed E-state index contributed by atoms with van der Waals surface area (Å²) in [5.74, 6) is 0.